The van der Waals surface area contributed by atoms with Gasteiger partial charge in [-0.25, -0.2) is 14.6 Å². The minimum absolute atomic E-state index is 0.0859. The van der Waals surface area contributed by atoms with Crippen molar-refractivity contribution in [3.8, 4) is 17.1 Å². The molecular weight excluding hydrogens is 434 g/mol. The van der Waals surface area contributed by atoms with Gasteiger partial charge in [-0.1, -0.05) is 18.2 Å². The van der Waals surface area contributed by atoms with E-state index in [-0.39, 0.29) is 5.43 Å². The van der Waals surface area contributed by atoms with Gasteiger partial charge >= 0.3 is 0 Å². The van der Waals surface area contributed by atoms with Crippen molar-refractivity contribution in [1.82, 2.24) is 34.4 Å². The number of thioether (sulfide) groups is 1. The van der Waals surface area contributed by atoms with Gasteiger partial charge in [0.2, 0.25) is 5.43 Å². The fraction of sp³-hybridized carbons (Fsp3) is 0.292. The number of hydrogen-bond donors (Lipinski definition) is 0. The second-order valence-corrected chi connectivity index (χ2v) is 9.35. The maximum atomic E-state index is 12.4. The van der Waals surface area contributed by atoms with Crippen LogP contribution < -0.4 is 5.43 Å². The standard InChI is InChI=1S/C24H25N7OS/c1-29-17-21(15-27-29)31-6-5-23(32)22(28-31)12-18-3-2-4-20(11-18)24-25-13-19(14-26-24)16-30-7-9-33-10-8-30/h2-6,11,13-15,17H,7-10,12,16H2,1H3. The Morgan fingerprint density at radius 1 is 1.03 bits per heavy atom. The molecule has 3 aromatic heterocycles. The lowest BCUT2D eigenvalue weighted by molar-refractivity contribution is 0.294. The molecule has 5 rings (SSSR count). The molecule has 4 aromatic rings. The summed E-state index contributed by atoms with van der Waals surface area (Å²) in [7, 11) is 1.85. The molecule has 8 nitrogen and oxygen atoms in total. The number of hydrogen-bond acceptors (Lipinski definition) is 7. The maximum Gasteiger partial charge on any atom is 0.203 e. The molecule has 0 amide bonds. The number of aryl methyl sites for hydroxylation is 1. The quantitative estimate of drug-likeness (QED) is 0.438. The van der Waals surface area contributed by atoms with E-state index in [0.717, 1.165) is 42.0 Å². The van der Waals surface area contributed by atoms with Crippen LogP contribution in [-0.4, -0.2) is 59.0 Å². The predicted molar refractivity (Wildman–Crippen MR) is 129 cm³/mol. The van der Waals surface area contributed by atoms with E-state index in [1.165, 1.54) is 11.5 Å². The van der Waals surface area contributed by atoms with Crippen LogP contribution in [0.15, 0.2) is 66.1 Å². The van der Waals surface area contributed by atoms with Gasteiger partial charge in [-0.05, 0) is 11.6 Å². The molecule has 0 unspecified atom stereocenters. The maximum absolute atomic E-state index is 12.4. The van der Waals surface area contributed by atoms with Crippen molar-refractivity contribution < 1.29 is 0 Å². The zero-order valence-corrected chi connectivity index (χ0v) is 19.3. The number of aromatic nitrogens is 6. The third-order valence-electron chi connectivity index (χ3n) is 5.61. The minimum Gasteiger partial charge on any atom is -0.297 e. The summed E-state index contributed by atoms with van der Waals surface area (Å²) < 4.78 is 3.38. The van der Waals surface area contributed by atoms with Gasteiger partial charge in [0, 0.05) is 80.4 Å². The summed E-state index contributed by atoms with van der Waals surface area (Å²) in [6, 6.07) is 9.53. The number of nitrogens with zero attached hydrogens (tertiary/aromatic N) is 7. The second-order valence-electron chi connectivity index (χ2n) is 8.12. The number of benzene rings is 1. The van der Waals surface area contributed by atoms with Crippen molar-refractivity contribution in [2.24, 2.45) is 7.05 Å². The highest BCUT2D eigenvalue weighted by Crippen LogP contribution is 2.19. The first-order valence-electron chi connectivity index (χ1n) is 10.9. The van der Waals surface area contributed by atoms with Crippen LogP contribution in [0, 0.1) is 0 Å². The van der Waals surface area contributed by atoms with Crippen LogP contribution in [0.1, 0.15) is 16.8 Å². The Labute approximate surface area is 196 Å². The summed E-state index contributed by atoms with van der Waals surface area (Å²) in [5.74, 6) is 3.06. The average molecular weight is 460 g/mol. The van der Waals surface area contributed by atoms with Crippen LogP contribution >= 0.6 is 11.8 Å². The Bertz CT molecular complexity index is 1290. The van der Waals surface area contributed by atoms with E-state index in [4.69, 9.17) is 0 Å². The molecule has 4 heterocycles. The molecule has 1 aliphatic heterocycles. The lowest BCUT2D eigenvalue weighted by Gasteiger charge is -2.25. The van der Waals surface area contributed by atoms with Gasteiger partial charge in [-0.15, -0.1) is 0 Å². The van der Waals surface area contributed by atoms with Gasteiger partial charge in [0.25, 0.3) is 0 Å². The summed E-state index contributed by atoms with van der Waals surface area (Å²) in [4.78, 5) is 24.1. The Kier molecular flexibility index (Phi) is 6.32. The fourth-order valence-corrected chi connectivity index (χ4v) is 4.84. The zero-order valence-electron chi connectivity index (χ0n) is 18.5. The Hall–Kier alpha value is -3.30. The molecule has 1 aliphatic rings. The zero-order chi connectivity index (χ0) is 22.6. The van der Waals surface area contributed by atoms with Crippen molar-refractivity contribution in [2.45, 2.75) is 13.0 Å². The lowest BCUT2D eigenvalue weighted by Crippen LogP contribution is -2.32. The van der Waals surface area contributed by atoms with Crippen molar-refractivity contribution in [1.29, 1.82) is 0 Å². The van der Waals surface area contributed by atoms with E-state index in [9.17, 15) is 4.79 Å². The van der Waals surface area contributed by atoms with Gasteiger partial charge in [-0.3, -0.25) is 14.4 Å². The Morgan fingerprint density at radius 2 is 1.85 bits per heavy atom. The molecule has 1 aromatic carbocycles. The highest BCUT2D eigenvalue weighted by molar-refractivity contribution is 7.99. The monoisotopic (exact) mass is 459 g/mol. The van der Waals surface area contributed by atoms with Gasteiger partial charge < -0.3 is 0 Å². The summed E-state index contributed by atoms with van der Waals surface area (Å²) in [5.41, 5.74) is 4.25. The molecule has 0 saturated carbocycles. The largest absolute Gasteiger partial charge is 0.297 e. The number of rotatable bonds is 6. The van der Waals surface area contributed by atoms with Crippen LogP contribution in [0.4, 0.5) is 0 Å². The second kappa shape index (κ2) is 9.68. The molecule has 1 fully saturated rings. The van der Waals surface area contributed by atoms with E-state index >= 15 is 0 Å². The van der Waals surface area contributed by atoms with E-state index in [0.29, 0.717) is 17.9 Å². The smallest absolute Gasteiger partial charge is 0.203 e. The first-order valence-corrected chi connectivity index (χ1v) is 12.1. The molecule has 0 N–H and O–H groups in total. The topological polar surface area (TPSA) is 81.7 Å². The third kappa shape index (κ3) is 5.20. The highest BCUT2D eigenvalue weighted by atomic mass is 32.2. The summed E-state index contributed by atoms with van der Waals surface area (Å²) >= 11 is 2.01. The summed E-state index contributed by atoms with van der Waals surface area (Å²) in [6.07, 6.45) is 9.50. The van der Waals surface area contributed by atoms with Crippen molar-refractivity contribution in [3.63, 3.8) is 0 Å². The van der Waals surface area contributed by atoms with Gasteiger partial charge in [0.15, 0.2) is 5.82 Å². The van der Waals surface area contributed by atoms with Crippen molar-refractivity contribution >= 4 is 11.8 Å². The first-order chi connectivity index (χ1) is 16.1. The molecule has 0 atom stereocenters. The predicted octanol–water partition coefficient (Wildman–Crippen LogP) is 2.56. The Balaban J connectivity index is 1.33. The van der Waals surface area contributed by atoms with Crippen LogP contribution in [0.2, 0.25) is 0 Å². The van der Waals surface area contributed by atoms with E-state index < -0.39 is 0 Å². The van der Waals surface area contributed by atoms with Crippen molar-refractivity contribution in [2.75, 3.05) is 24.6 Å². The van der Waals surface area contributed by atoms with Crippen LogP contribution in [0.5, 0.6) is 0 Å². The Morgan fingerprint density at radius 3 is 2.61 bits per heavy atom. The van der Waals surface area contributed by atoms with Crippen molar-refractivity contribution in [3.05, 3.63) is 88.4 Å². The van der Waals surface area contributed by atoms with Crippen LogP contribution in [0.25, 0.3) is 17.1 Å². The average Bonchev–Trinajstić information content (AvgIpc) is 3.28. The van der Waals surface area contributed by atoms with Crippen LogP contribution in [-0.2, 0) is 20.0 Å². The summed E-state index contributed by atoms with van der Waals surface area (Å²) in [6.45, 7) is 3.12. The third-order valence-corrected chi connectivity index (χ3v) is 6.55. The molecule has 0 aliphatic carbocycles. The molecule has 168 valence electrons. The lowest BCUT2D eigenvalue weighted by atomic mass is 10.1. The van der Waals surface area contributed by atoms with Gasteiger partial charge in [0.1, 0.15) is 11.4 Å². The minimum atomic E-state index is -0.0859. The first kappa shape index (κ1) is 21.5. The molecule has 33 heavy (non-hydrogen) atoms. The fourth-order valence-electron chi connectivity index (χ4n) is 3.86. The SMILES string of the molecule is Cn1cc(-n2ccc(=O)c(Cc3cccc(-c4ncc(CN5CCSCC5)cn4)c3)n2)cn1. The van der Waals surface area contributed by atoms with Gasteiger partial charge in [-0.2, -0.15) is 22.0 Å². The highest BCUT2D eigenvalue weighted by Gasteiger charge is 2.12. The summed E-state index contributed by atoms with van der Waals surface area (Å²) in [5, 5.41) is 8.71. The van der Waals surface area contributed by atoms with E-state index in [1.54, 1.807) is 27.8 Å². The molecule has 0 bridgehead atoms. The molecule has 9 heteroatoms. The normalized spacial score (nSPS) is 14.5. The molecule has 0 spiro atoms. The van der Waals surface area contributed by atoms with E-state index in [2.05, 4.69) is 25.1 Å². The molecule has 1 saturated heterocycles. The molecule has 0 radical (unpaired) electrons. The van der Waals surface area contributed by atoms with Gasteiger partial charge in [0.05, 0.1) is 12.4 Å². The van der Waals surface area contributed by atoms with Crippen LogP contribution in [0.3, 0.4) is 0 Å². The van der Waals surface area contributed by atoms with E-state index in [1.807, 2.05) is 61.7 Å². The molecular formula is C24H25N7OS.